The molecule has 0 saturated carbocycles. The van der Waals surface area contributed by atoms with Crippen LogP contribution in [0.15, 0.2) is 24.3 Å². The Morgan fingerprint density at radius 2 is 1.94 bits per heavy atom. The van der Waals surface area contributed by atoms with Gasteiger partial charge < -0.3 is 20.5 Å². The minimum atomic E-state index is -4.48. The maximum absolute atomic E-state index is 13.2. The van der Waals surface area contributed by atoms with Crippen LogP contribution in [-0.4, -0.2) is 41.0 Å². The molecule has 1 aliphatic heterocycles. The Kier molecular flexibility index (Phi) is 6.13. The van der Waals surface area contributed by atoms with Crippen LogP contribution in [0.5, 0.6) is 0 Å². The Bertz CT molecular complexity index is 992. The van der Waals surface area contributed by atoms with Gasteiger partial charge in [0.15, 0.2) is 5.69 Å². The van der Waals surface area contributed by atoms with E-state index in [0.717, 1.165) is 12.1 Å². The van der Waals surface area contributed by atoms with E-state index in [9.17, 15) is 22.8 Å². The Morgan fingerprint density at radius 1 is 1.23 bits per heavy atom. The number of hydrogen-bond donors (Lipinski definition) is 3. The van der Waals surface area contributed by atoms with Gasteiger partial charge in [0.25, 0.3) is 5.91 Å². The molecule has 0 saturated heterocycles. The van der Waals surface area contributed by atoms with Gasteiger partial charge in [0.2, 0.25) is 5.91 Å². The summed E-state index contributed by atoms with van der Waals surface area (Å²) in [4.78, 5) is 29.8. The van der Waals surface area contributed by atoms with Gasteiger partial charge in [-0.2, -0.15) is 13.2 Å². The highest BCUT2D eigenvalue weighted by molar-refractivity contribution is 5.97. The van der Waals surface area contributed by atoms with Crippen molar-refractivity contribution in [1.29, 1.82) is 0 Å². The fourth-order valence-corrected chi connectivity index (χ4v) is 3.56. The molecule has 0 aliphatic carbocycles. The smallest absolute Gasteiger partial charge is 0.357 e. The van der Waals surface area contributed by atoms with E-state index < -0.39 is 29.1 Å². The number of alkyl halides is 3. The summed E-state index contributed by atoms with van der Waals surface area (Å²) in [5, 5.41) is 8.44. The largest absolute Gasteiger partial charge is 0.416 e. The fourth-order valence-electron chi connectivity index (χ4n) is 3.56. The molecule has 3 N–H and O–H groups in total. The number of imidazole rings is 1. The van der Waals surface area contributed by atoms with Crippen molar-refractivity contribution in [1.82, 2.24) is 25.5 Å². The zero-order valence-electron chi connectivity index (χ0n) is 17.9. The summed E-state index contributed by atoms with van der Waals surface area (Å²) in [5.74, 6) is -0.598. The molecule has 2 amide bonds. The first-order chi connectivity index (χ1) is 14.4. The van der Waals surface area contributed by atoms with Gasteiger partial charge in [-0.05, 0) is 17.5 Å². The number of fused-ring (bicyclic) bond motifs is 1. The van der Waals surface area contributed by atoms with Crippen LogP contribution >= 0.6 is 0 Å². The SMILES string of the molecule is CNC(=O)C(NC(=O)c1nc(-c2cccc(C(F)(F)F)c2)n2c1CNCC2)C(C)(C)C. The molecule has 10 heteroatoms. The number of hydrogen-bond acceptors (Lipinski definition) is 4. The summed E-state index contributed by atoms with van der Waals surface area (Å²) in [7, 11) is 1.49. The predicted octanol–water partition coefficient (Wildman–Crippen LogP) is 2.56. The number of likely N-dealkylation sites (N-methyl/N-ethyl adjacent to an activating group) is 1. The summed E-state index contributed by atoms with van der Waals surface area (Å²) < 4.78 is 41.3. The Balaban J connectivity index is 2.03. The average molecular weight is 437 g/mol. The number of amides is 2. The van der Waals surface area contributed by atoms with Gasteiger partial charge in [-0.15, -0.1) is 0 Å². The summed E-state index contributed by atoms with van der Waals surface area (Å²) >= 11 is 0. The van der Waals surface area contributed by atoms with Crippen LogP contribution in [0, 0.1) is 5.41 Å². The van der Waals surface area contributed by atoms with Gasteiger partial charge in [-0.3, -0.25) is 9.59 Å². The van der Waals surface area contributed by atoms with Gasteiger partial charge in [0.1, 0.15) is 11.9 Å². The number of carbonyl (C=O) groups is 2. The van der Waals surface area contributed by atoms with Gasteiger partial charge in [0.05, 0.1) is 11.3 Å². The summed E-state index contributed by atoms with van der Waals surface area (Å²) in [6.45, 7) is 6.87. The third-order valence-corrected chi connectivity index (χ3v) is 5.19. The van der Waals surface area contributed by atoms with E-state index >= 15 is 0 Å². The van der Waals surface area contributed by atoms with E-state index in [1.54, 1.807) is 4.57 Å². The van der Waals surface area contributed by atoms with E-state index in [2.05, 4.69) is 20.9 Å². The number of nitrogens with zero attached hydrogens (tertiary/aromatic N) is 2. The molecule has 1 aliphatic rings. The van der Waals surface area contributed by atoms with Crippen LogP contribution < -0.4 is 16.0 Å². The molecule has 2 heterocycles. The lowest BCUT2D eigenvalue weighted by molar-refractivity contribution is -0.137. The molecule has 1 aromatic heterocycles. The van der Waals surface area contributed by atoms with Crippen LogP contribution in [0.4, 0.5) is 13.2 Å². The molecule has 0 bridgehead atoms. The van der Waals surface area contributed by atoms with Crippen molar-refractivity contribution < 1.29 is 22.8 Å². The van der Waals surface area contributed by atoms with Crippen molar-refractivity contribution in [3.63, 3.8) is 0 Å². The molecular formula is C21H26F3N5O2. The van der Waals surface area contributed by atoms with E-state index in [-0.39, 0.29) is 17.2 Å². The topological polar surface area (TPSA) is 88.1 Å². The van der Waals surface area contributed by atoms with Crippen molar-refractivity contribution in [3.05, 3.63) is 41.2 Å². The van der Waals surface area contributed by atoms with Gasteiger partial charge in [-0.1, -0.05) is 32.9 Å². The van der Waals surface area contributed by atoms with Crippen LogP contribution in [0.25, 0.3) is 11.4 Å². The van der Waals surface area contributed by atoms with E-state index in [1.807, 2.05) is 20.8 Å². The summed E-state index contributed by atoms with van der Waals surface area (Å²) in [6.07, 6.45) is -4.48. The molecule has 168 valence electrons. The molecule has 3 rings (SSSR count). The second-order valence-electron chi connectivity index (χ2n) is 8.52. The molecule has 1 aromatic carbocycles. The standard InChI is InChI=1S/C21H26F3N5O2/c1-20(2,3)16(19(31)25-4)28-18(30)15-14-11-26-8-9-29(14)17(27-15)12-6-5-7-13(10-12)21(22,23)24/h5-7,10,16,26H,8-9,11H2,1-4H3,(H,25,31)(H,28,30). The first-order valence-corrected chi connectivity index (χ1v) is 9.93. The average Bonchev–Trinajstić information content (AvgIpc) is 3.10. The summed E-state index contributed by atoms with van der Waals surface area (Å²) in [5.41, 5.74) is -0.401. The van der Waals surface area contributed by atoms with Gasteiger partial charge in [0, 0.05) is 32.2 Å². The number of nitrogens with one attached hydrogen (secondary N) is 3. The lowest BCUT2D eigenvalue weighted by atomic mass is 9.86. The zero-order chi connectivity index (χ0) is 23.0. The molecule has 1 atom stereocenters. The quantitative estimate of drug-likeness (QED) is 0.686. The molecule has 2 aromatic rings. The Morgan fingerprint density at radius 3 is 2.55 bits per heavy atom. The van der Waals surface area contributed by atoms with Gasteiger partial charge >= 0.3 is 6.18 Å². The first-order valence-electron chi connectivity index (χ1n) is 9.93. The second-order valence-corrected chi connectivity index (χ2v) is 8.52. The second kappa shape index (κ2) is 8.33. The van der Waals surface area contributed by atoms with Crippen LogP contribution in [-0.2, 0) is 24.1 Å². The predicted molar refractivity (Wildman–Crippen MR) is 109 cm³/mol. The van der Waals surface area contributed by atoms with E-state index in [4.69, 9.17) is 0 Å². The normalized spacial score (nSPS) is 15.2. The number of benzene rings is 1. The van der Waals surface area contributed by atoms with Crippen molar-refractivity contribution in [3.8, 4) is 11.4 Å². The number of carbonyl (C=O) groups excluding carboxylic acids is 2. The van der Waals surface area contributed by atoms with Crippen molar-refractivity contribution in [2.45, 2.75) is 46.1 Å². The first kappa shape index (κ1) is 22.8. The summed E-state index contributed by atoms with van der Waals surface area (Å²) in [6, 6.07) is 4.08. The third kappa shape index (κ3) is 4.73. The highest BCUT2D eigenvalue weighted by Crippen LogP contribution is 2.33. The third-order valence-electron chi connectivity index (χ3n) is 5.19. The monoisotopic (exact) mass is 437 g/mol. The van der Waals surface area contributed by atoms with Crippen LogP contribution in [0.3, 0.4) is 0 Å². The molecular weight excluding hydrogens is 411 g/mol. The Labute approximate surface area is 178 Å². The number of rotatable bonds is 4. The lowest BCUT2D eigenvalue weighted by Gasteiger charge is -2.29. The van der Waals surface area contributed by atoms with Crippen LogP contribution in [0.2, 0.25) is 0 Å². The minimum absolute atomic E-state index is 0.0952. The highest BCUT2D eigenvalue weighted by atomic mass is 19.4. The fraction of sp³-hybridized carbons (Fsp3) is 0.476. The Hall–Kier alpha value is -2.88. The maximum Gasteiger partial charge on any atom is 0.416 e. The van der Waals surface area contributed by atoms with E-state index in [1.165, 1.54) is 19.2 Å². The molecule has 0 fully saturated rings. The van der Waals surface area contributed by atoms with Crippen molar-refractivity contribution in [2.75, 3.05) is 13.6 Å². The van der Waals surface area contributed by atoms with Crippen molar-refractivity contribution >= 4 is 11.8 Å². The minimum Gasteiger partial charge on any atom is -0.357 e. The number of halogens is 3. The molecule has 0 spiro atoms. The van der Waals surface area contributed by atoms with Gasteiger partial charge in [-0.25, -0.2) is 4.98 Å². The number of aromatic nitrogens is 2. The van der Waals surface area contributed by atoms with Crippen LogP contribution in [0.1, 0.15) is 42.5 Å². The molecule has 31 heavy (non-hydrogen) atoms. The molecule has 7 nitrogen and oxygen atoms in total. The van der Waals surface area contributed by atoms with Crippen molar-refractivity contribution in [2.24, 2.45) is 5.41 Å². The van der Waals surface area contributed by atoms with E-state index in [0.29, 0.717) is 31.2 Å². The molecule has 0 radical (unpaired) electrons. The highest BCUT2D eigenvalue weighted by Gasteiger charge is 2.35. The molecule has 1 unspecified atom stereocenters. The zero-order valence-corrected chi connectivity index (χ0v) is 17.9. The lowest BCUT2D eigenvalue weighted by Crippen LogP contribution is -2.53. The maximum atomic E-state index is 13.2.